The number of hydrogen-bond donors (Lipinski definition) is 1. The van der Waals surface area contributed by atoms with Crippen molar-refractivity contribution >= 4 is 9.84 Å². The Kier molecular flexibility index (Phi) is 4.25. The van der Waals surface area contributed by atoms with Gasteiger partial charge in [-0.15, -0.1) is 0 Å². The fraction of sp³-hybridized carbons (Fsp3) is 0.357. The summed E-state index contributed by atoms with van der Waals surface area (Å²) in [6.07, 6.45) is 5.58. The van der Waals surface area contributed by atoms with Crippen LogP contribution in [0.2, 0.25) is 0 Å². The Labute approximate surface area is 119 Å². The Bertz CT molecular complexity index is 692. The number of rotatable bonds is 5. The largest absolute Gasteiger partial charge is 0.324 e. The Morgan fingerprint density at radius 2 is 2.15 bits per heavy atom. The maximum atomic E-state index is 11.6. The molecule has 1 unspecified atom stereocenters. The van der Waals surface area contributed by atoms with Crippen molar-refractivity contribution in [2.24, 2.45) is 5.73 Å². The van der Waals surface area contributed by atoms with Gasteiger partial charge in [-0.3, -0.25) is 4.68 Å². The van der Waals surface area contributed by atoms with Gasteiger partial charge in [-0.2, -0.15) is 5.10 Å². The van der Waals surface area contributed by atoms with Gasteiger partial charge in [-0.1, -0.05) is 12.1 Å². The molecule has 0 spiro atoms. The Morgan fingerprint density at radius 3 is 2.75 bits per heavy atom. The molecule has 1 heterocycles. The van der Waals surface area contributed by atoms with E-state index in [2.05, 4.69) is 5.10 Å². The summed E-state index contributed by atoms with van der Waals surface area (Å²) in [6, 6.07) is 6.56. The lowest BCUT2D eigenvalue weighted by molar-refractivity contribution is 0.601. The molecule has 6 heteroatoms. The Hall–Kier alpha value is -1.66. The van der Waals surface area contributed by atoms with Crippen LogP contribution in [0.15, 0.2) is 41.6 Å². The minimum atomic E-state index is -3.20. The van der Waals surface area contributed by atoms with Crippen molar-refractivity contribution in [2.45, 2.75) is 30.8 Å². The van der Waals surface area contributed by atoms with E-state index < -0.39 is 9.84 Å². The monoisotopic (exact) mass is 293 g/mol. The first-order valence-corrected chi connectivity index (χ1v) is 8.36. The normalized spacial score (nSPS) is 13.3. The highest BCUT2D eigenvalue weighted by atomic mass is 32.2. The number of hydrogen-bond acceptors (Lipinski definition) is 4. The molecule has 20 heavy (non-hydrogen) atoms. The lowest BCUT2D eigenvalue weighted by Gasteiger charge is -2.12. The number of aryl methyl sites for hydroxylation is 1. The summed E-state index contributed by atoms with van der Waals surface area (Å²) >= 11 is 0. The maximum absolute atomic E-state index is 11.6. The molecule has 0 aliphatic heterocycles. The van der Waals surface area contributed by atoms with E-state index in [1.807, 2.05) is 23.9 Å². The predicted molar refractivity (Wildman–Crippen MR) is 78.1 cm³/mol. The molecular formula is C14H19N3O2S. The molecule has 0 radical (unpaired) electrons. The van der Waals surface area contributed by atoms with Crippen LogP contribution in [0.1, 0.15) is 24.1 Å². The maximum Gasteiger partial charge on any atom is 0.175 e. The molecule has 0 aliphatic rings. The van der Waals surface area contributed by atoms with Crippen LogP contribution in [0, 0.1) is 0 Å². The zero-order chi connectivity index (χ0) is 14.8. The second-order valence-electron chi connectivity index (χ2n) is 4.86. The van der Waals surface area contributed by atoms with Gasteiger partial charge in [0.15, 0.2) is 9.84 Å². The molecule has 0 aliphatic carbocycles. The van der Waals surface area contributed by atoms with E-state index in [4.69, 9.17) is 5.73 Å². The summed E-state index contributed by atoms with van der Waals surface area (Å²) in [5.74, 6) is 0. The third-order valence-corrected chi connectivity index (χ3v) is 4.29. The highest BCUT2D eigenvalue weighted by Crippen LogP contribution is 2.19. The number of sulfone groups is 1. The molecule has 5 nitrogen and oxygen atoms in total. The van der Waals surface area contributed by atoms with Crippen LogP contribution in [-0.4, -0.2) is 24.5 Å². The second-order valence-corrected chi connectivity index (χ2v) is 6.88. The van der Waals surface area contributed by atoms with Crippen LogP contribution < -0.4 is 5.73 Å². The number of nitrogens with zero attached hydrogens (tertiary/aromatic N) is 2. The van der Waals surface area contributed by atoms with Crippen LogP contribution in [0.4, 0.5) is 0 Å². The molecule has 0 saturated heterocycles. The lowest BCUT2D eigenvalue weighted by atomic mass is 10.0. The second kappa shape index (κ2) is 5.76. The van der Waals surface area contributed by atoms with Gasteiger partial charge in [0.1, 0.15) is 0 Å². The molecule has 1 aromatic heterocycles. The first-order valence-electron chi connectivity index (χ1n) is 6.47. The molecule has 1 atom stereocenters. The van der Waals surface area contributed by atoms with Gasteiger partial charge in [-0.25, -0.2) is 8.42 Å². The van der Waals surface area contributed by atoms with Crippen molar-refractivity contribution < 1.29 is 8.42 Å². The van der Waals surface area contributed by atoms with E-state index in [1.165, 1.54) is 6.26 Å². The Morgan fingerprint density at radius 1 is 1.40 bits per heavy atom. The molecule has 2 rings (SSSR count). The van der Waals surface area contributed by atoms with E-state index in [0.717, 1.165) is 17.7 Å². The fourth-order valence-corrected chi connectivity index (χ4v) is 2.71. The summed E-state index contributed by atoms with van der Waals surface area (Å²) in [5, 5.41) is 4.20. The highest BCUT2D eigenvalue weighted by molar-refractivity contribution is 7.90. The minimum absolute atomic E-state index is 0.244. The van der Waals surface area contributed by atoms with Gasteiger partial charge in [0.2, 0.25) is 0 Å². The molecule has 2 N–H and O–H groups in total. The quantitative estimate of drug-likeness (QED) is 0.907. The predicted octanol–water partition coefficient (Wildman–Crippen LogP) is 1.55. The number of aromatic nitrogens is 2. The van der Waals surface area contributed by atoms with Gasteiger partial charge in [0.25, 0.3) is 0 Å². The zero-order valence-electron chi connectivity index (χ0n) is 11.7. The van der Waals surface area contributed by atoms with Crippen LogP contribution in [0.5, 0.6) is 0 Å². The topological polar surface area (TPSA) is 78.0 Å². The molecule has 1 aromatic carbocycles. The van der Waals surface area contributed by atoms with Gasteiger partial charge < -0.3 is 5.73 Å². The van der Waals surface area contributed by atoms with E-state index in [9.17, 15) is 8.42 Å². The van der Waals surface area contributed by atoms with Gasteiger partial charge in [-0.05, 0) is 36.6 Å². The lowest BCUT2D eigenvalue weighted by Crippen LogP contribution is -2.13. The van der Waals surface area contributed by atoms with Crippen LogP contribution in [-0.2, 0) is 22.8 Å². The molecular weight excluding hydrogens is 274 g/mol. The van der Waals surface area contributed by atoms with Gasteiger partial charge >= 0.3 is 0 Å². The third kappa shape index (κ3) is 3.46. The Balaban J connectivity index is 2.19. The molecule has 2 aromatic rings. The SMILES string of the molecule is CCn1cc(CC(N)c2cccc(S(C)(=O)=O)c2)cn1. The van der Waals surface area contributed by atoms with Crippen molar-refractivity contribution in [3.05, 3.63) is 47.8 Å². The van der Waals surface area contributed by atoms with E-state index in [0.29, 0.717) is 11.3 Å². The van der Waals surface area contributed by atoms with Crippen molar-refractivity contribution in [3.63, 3.8) is 0 Å². The van der Waals surface area contributed by atoms with E-state index >= 15 is 0 Å². The average Bonchev–Trinajstić information content (AvgIpc) is 2.85. The third-order valence-electron chi connectivity index (χ3n) is 3.18. The van der Waals surface area contributed by atoms with Crippen molar-refractivity contribution in [1.29, 1.82) is 0 Å². The summed E-state index contributed by atoms with van der Waals surface area (Å²) in [7, 11) is -3.20. The van der Waals surface area contributed by atoms with Crippen molar-refractivity contribution in [2.75, 3.05) is 6.26 Å². The number of benzene rings is 1. The van der Waals surface area contributed by atoms with Crippen LogP contribution in [0.3, 0.4) is 0 Å². The first-order chi connectivity index (χ1) is 9.40. The zero-order valence-corrected chi connectivity index (χ0v) is 12.5. The molecule has 108 valence electrons. The van der Waals surface area contributed by atoms with Crippen molar-refractivity contribution in [3.8, 4) is 0 Å². The number of nitrogens with two attached hydrogens (primary N) is 1. The average molecular weight is 293 g/mol. The van der Waals surface area contributed by atoms with Crippen LogP contribution in [0.25, 0.3) is 0 Å². The standard InChI is InChI=1S/C14H19N3O2S/c1-3-17-10-11(9-16-17)7-14(15)12-5-4-6-13(8-12)20(2,18)19/h4-6,8-10,14H,3,7,15H2,1-2H3. The molecule has 0 saturated carbocycles. The smallest absolute Gasteiger partial charge is 0.175 e. The summed E-state index contributed by atoms with van der Waals surface area (Å²) < 4.78 is 25.0. The highest BCUT2D eigenvalue weighted by Gasteiger charge is 2.12. The summed E-state index contributed by atoms with van der Waals surface area (Å²) in [4.78, 5) is 0.301. The summed E-state index contributed by atoms with van der Waals surface area (Å²) in [5.41, 5.74) is 8.02. The molecule has 0 amide bonds. The van der Waals surface area contributed by atoms with E-state index in [-0.39, 0.29) is 6.04 Å². The summed E-state index contributed by atoms with van der Waals surface area (Å²) in [6.45, 7) is 2.84. The van der Waals surface area contributed by atoms with Crippen LogP contribution >= 0.6 is 0 Å². The van der Waals surface area contributed by atoms with Gasteiger partial charge in [0, 0.05) is 25.0 Å². The fourth-order valence-electron chi connectivity index (χ4n) is 2.03. The van der Waals surface area contributed by atoms with E-state index in [1.54, 1.807) is 24.4 Å². The molecule has 0 bridgehead atoms. The van der Waals surface area contributed by atoms with Crippen molar-refractivity contribution in [1.82, 2.24) is 9.78 Å². The molecule has 0 fully saturated rings. The van der Waals surface area contributed by atoms with Gasteiger partial charge in [0.05, 0.1) is 11.1 Å². The minimum Gasteiger partial charge on any atom is -0.324 e. The first kappa shape index (κ1) is 14.7.